The lowest BCUT2D eigenvalue weighted by atomic mass is 10.2. The quantitative estimate of drug-likeness (QED) is 0.783. The molecule has 112 valence electrons. The Bertz CT molecular complexity index is 599. The number of hydrogen-bond donors (Lipinski definition) is 2. The molecule has 1 aromatic rings. The summed E-state index contributed by atoms with van der Waals surface area (Å²) < 4.78 is 30.6. The van der Waals surface area contributed by atoms with E-state index in [0.29, 0.717) is 5.69 Å². The summed E-state index contributed by atoms with van der Waals surface area (Å²) in [7, 11) is 0.609. The zero-order valence-corrected chi connectivity index (χ0v) is 12.7. The van der Waals surface area contributed by atoms with E-state index in [1.165, 1.54) is 33.3 Å². The van der Waals surface area contributed by atoms with Crippen LogP contribution in [-0.4, -0.2) is 45.9 Å². The maximum atomic E-state index is 12.2. The van der Waals surface area contributed by atoms with Crippen LogP contribution in [0.2, 0.25) is 0 Å². The molecule has 7 nitrogen and oxygen atoms in total. The van der Waals surface area contributed by atoms with Gasteiger partial charge in [0.2, 0.25) is 15.9 Å². The highest BCUT2D eigenvalue weighted by Gasteiger charge is 2.23. The van der Waals surface area contributed by atoms with E-state index in [4.69, 9.17) is 10.5 Å². The lowest BCUT2D eigenvalue weighted by molar-refractivity contribution is -0.118. The number of hydrogen-bond acceptors (Lipinski definition) is 5. The van der Waals surface area contributed by atoms with Gasteiger partial charge in [-0.15, -0.1) is 0 Å². The average Bonchev–Trinajstić information content (AvgIpc) is 2.38. The van der Waals surface area contributed by atoms with Crippen molar-refractivity contribution >= 4 is 21.6 Å². The molecule has 8 heteroatoms. The summed E-state index contributed by atoms with van der Waals surface area (Å²) in [6.07, 6.45) is 0. The van der Waals surface area contributed by atoms with E-state index in [-0.39, 0.29) is 10.6 Å². The Morgan fingerprint density at radius 2 is 2.00 bits per heavy atom. The summed E-state index contributed by atoms with van der Waals surface area (Å²) in [6.45, 7) is 1.59. The minimum atomic E-state index is -3.65. The van der Waals surface area contributed by atoms with Crippen LogP contribution < -0.4 is 15.8 Å². The monoisotopic (exact) mass is 301 g/mol. The van der Waals surface area contributed by atoms with E-state index in [1.807, 2.05) is 0 Å². The van der Waals surface area contributed by atoms with E-state index in [2.05, 4.69) is 5.32 Å². The first-order valence-electron chi connectivity index (χ1n) is 5.86. The standard InChI is InChI=1S/C12H19N3O4S/c1-8(12(13)16)14-9-5-6-10(19-4)11(7-9)20(17,18)15(2)3/h5-8,14H,1-4H3,(H2,13,16)/t8-/m1/s1. The molecule has 1 atom stereocenters. The van der Waals surface area contributed by atoms with Crippen molar-refractivity contribution in [2.24, 2.45) is 5.73 Å². The predicted octanol–water partition coefficient (Wildman–Crippen LogP) is 0.231. The van der Waals surface area contributed by atoms with E-state index < -0.39 is 22.0 Å². The normalized spacial score (nSPS) is 13.1. The number of ether oxygens (including phenoxy) is 1. The van der Waals surface area contributed by atoms with Gasteiger partial charge in [0.15, 0.2) is 0 Å². The van der Waals surface area contributed by atoms with Crippen LogP contribution in [0.25, 0.3) is 0 Å². The zero-order chi connectivity index (χ0) is 15.5. The number of rotatable bonds is 6. The molecule has 0 saturated heterocycles. The Balaban J connectivity index is 3.26. The second-order valence-electron chi connectivity index (χ2n) is 4.42. The van der Waals surface area contributed by atoms with Crippen LogP contribution in [0.5, 0.6) is 5.75 Å². The molecule has 1 aromatic carbocycles. The van der Waals surface area contributed by atoms with E-state index in [0.717, 1.165) is 4.31 Å². The number of nitrogens with zero attached hydrogens (tertiary/aromatic N) is 1. The minimum Gasteiger partial charge on any atom is -0.495 e. The van der Waals surface area contributed by atoms with Crippen molar-refractivity contribution < 1.29 is 17.9 Å². The second-order valence-corrected chi connectivity index (χ2v) is 6.54. The first-order valence-corrected chi connectivity index (χ1v) is 7.30. The molecule has 0 aliphatic carbocycles. The first-order chi connectivity index (χ1) is 9.20. The van der Waals surface area contributed by atoms with E-state index in [1.54, 1.807) is 13.0 Å². The minimum absolute atomic E-state index is 0.0201. The number of primary amides is 1. The van der Waals surface area contributed by atoms with Crippen molar-refractivity contribution in [3.05, 3.63) is 18.2 Å². The van der Waals surface area contributed by atoms with Gasteiger partial charge in [0.1, 0.15) is 16.7 Å². The Labute approximate surface area is 118 Å². The lowest BCUT2D eigenvalue weighted by Crippen LogP contribution is -2.32. The highest BCUT2D eigenvalue weighted by Crippen LogP contribution is 2.29. The number of carbonyl (C=O) groups excluding carboxylic acids is 1. The summed E-state index contributed by atoms with van der Waals surface area (Å²) in [6, 6.07) is 3.94. The molecule has 0 radical (unpaired) electrons. The summed E-state index contributed by atoms with van der Waals surface area (Å²) in [5.41, 5.74) is 5.63. The molecule has 0 fully saturated rings. The van der Waals surface area contributed by atoms with Gasteiger partial charge >= 0.3 is 0 Å². The number of nitrogens with two attached hydrogens (primary N) is 1. The van der Waals surface area contributed by atoms with Crippen LogP contribution in [0.4, 0.5) is 5.69 Å². The lowest BCUT2D eigenvalue weighted by Gasteiger charge is -2.17. The Kier molecular flexibility index (Phi) is 4.96. The number of nitrogens with one attached hydrogen (secondary N) is 1. The van der Waals surface area contributed by atoms with Crippen molar-refractivity contribution in [3.8, 4) is 5.75 Å². The molecule has 0 aliphatic rings. The SMILES string of the molecule is COc1ccc(N[C@H](C)C(N)=O)cc1S(=O)(=O)N(C)C. The number of carbonyl (C=O) groups is 1. The topological polar surface area (TPSA) is 102 Å². The van der Waals surface area contributed by atoms with Gasteiger partial charge in [-0.05, 0) is 25.1 Å². The molecular weight excluding hydrogens is 282 g/mol. The highest BCUT2D eigenvalue weighted by atomic mass is 32.2. The Morgan fingerprint density at radius 3 is 2.45 bits per heavy atom. The predicted molar refractivity (Wildman–Crippen MR) is 76.1 cm³/mol. The van der Waals surface area contributed by atoms with Crippen LogP contribution >= 0.6 is 0 Å². The number of anilines is 1. The Hall–Kier alpha value is -1.80. The second kappa shape index (κ2) is 6.10. The van der Waals surface area contributed by atoms with Crippen molar-refractivity contribution in [2.75, 3.05) is 26.5 Å². The van der Waals surface area contributed by atoms with E-state index >= 15 is 0 Å². The van der Waals surface area contributed by atoms with Crippen molar-refractivity contribution in [2.45, 2.75) is 17.9 Å². The third-order valence-electron chi connectivity index (χ3n) is 2.73. The maximum Gasteiger partial charge on any atom is 0.246 e. The van der Waals surface area contributed by atoms with Gasteiger partial charge in [-0.3, -0.25) is 4.79 Å². The Morgan fingerprint density at radius 1 is 1.40 bits per heavy atom. The molecule has 0 aliphatic heterocycles. The molecule has 0 spiro atoms. The fourth-order valence-electron chi connectivity index (χ4n) is 1.49. The number of benzene rings is 1. The molecule has 0 heterocycles. The zero-order valence-electron chi connectivity index (χ0n) is 11.9. The smallest absolute Gasteiger partial charge is 0.246 e. The fourth-order valence-corrected chi connectivity index (χ4v) is 2.56. The molecule has 20 heavy (non-hydrogen) atoms. The van der Waals surface area contributed by atoms with E-state index in [9.17, 15) is 13.2 Å². The van der Waals surface area contributed by atoms with Gasteiger partial charge in [-0.25, -0.2) is 12.7 Å². The van der Waals surface area contributed by atoms with Crippen LogP contribution in [0.15, 0.2) is 23.1 Å². The number of sulfonamides is 1. The summed E-state index contributed by atoms with van der Waals surface area (Å²) in [4.78, 5) is 11.0. The van der Waals surface area contributed by atoms with Crippen molar-refractivity contribution in [3.63, 3.8) is 0 Å². The van der Waals surface area contributed by atoms with Gasteiger partial charge in [0.05, 0.1) is 7.11 Å². The molecule has 1 rings (SSSR count). The summed E-state index contributed by atoms with van der Waals surface area (Å²) in [5.74, 6) is -0.297. The van der Waals surface area contributed by atoms with Gasteiger partial charge in [-0.2, -0.15) is 0 Å². The van der Waals surface area contributed by atoms with Gasteiger partial charge in [0, 0.05) is 19.8 Å². The third-order valence-corrected chi connectivity index (χ3v) is 4.57. The average molecular weight is 301 g/mol. The van der Waals surface area contributed by atoms with Crippen LogP contribution in [0.3, 0.4) is 0 Å². The van der Waals surface area contributed by atoms with Crippen LogP contribution in [-0.2, 0) is 14.8 Å². The molecular formula is C12H19N3O4S. The van der Waals surface area contributed by atoms with Crippen molar-refractivity contribution in [1.82, 2.24) is 4.31 Å². The molecule has 1 amide bonds. The largest absolute Gasteiger partial charge is 0.495 e. The van der Waals surface area contributed by atoms with Gasteiger partial charge < -0.3 is 15.8 Å². The third kappa shape index (κ3) is 3.40. The van der Waals surface area contributed by atoms with Crippen LogP contribution in [0, 0.1) is 0 Å². The maximum absolute atomic E-state index is 12.2. The van der Waals surface area contributed by atoms with Gasteiger partial charge in [-0.1, -0.05) is 0 Å². The van der Waals surface area contributed by atoms with Gasteiger partial charge in [0.25, 0.3) is 0 Å². The first kappa shape index (κ1) is 16.3. The van der Waals surface area contributed by atoms with Crippen LogP contribution in [0.1, 0.15) is 6.92 Å². The molecule has 0 saturated carbocycles. The molecule has 0 bridgehead atoms. The number of methoxy groups -OCH3 is 1. The molecule has 0 unspecified atom stereocenters. The number of amides is 1. The highest BCUT2D eigenvalue weighted by molar-refractivity contribution is 7.89. The summed E-state index contributed by atoms with van der Waals surface area (Å²) in [5, 5.41) is 2.83. The molecule has 0 aromatic heterocycles. The molecule has 3 N–H and O–H groups in total. The van der Waals surface area contributed by atoms with Crippen molar-refractivity contribution in [1.29, 1.82) is 0 Å². The fraction of sp³-hybridized carbons (Fsp3) is 0.417. The summed E-state index contributed by atoms with van der Waals surface area (Å²) >= 11 is 0.